The zero-order valence-electron chi connectivity index (χ0n) is 11.8. The fourth-order valence-electron chi connectivity index (χ4n) is 2.94. The Labute approximate surface area is 128 Å². The Morgan fingerprint density at radius 1 is 1.32 bits per heavy atom. The molecule has 5 heteroatoms. The summed E-state index contributed by atoms with van der Waals surface area (Å²) < 4.78 is 1.16. The van der Waals surface area contributed by atoms with E-state index in [9.17, 15) is 0 Å². The van der Waals surface area contributed by atoms with Crippen LogP contribution in [-0.4, -0.2) is 23.5 Å². The number of hydrogen-bond acceptors (Lipinski definition) is 4. The zero-order chi connectivity index (χ0) is 13.9. The molecule has 19 heavy (non-hydrogen) atoms. The van der Waals surface area contributed by atoms with Crippen molar-refractivity contribution in [1.82, 2.24) is 10.3 Å². The van der Waals surface area contributed by atoms with E-state index in [1.807, 2.05) is 0 Å². The second-order valence-electron chi connectivity index (χ2n) is 5.79. The van der Waals surface area contributed by atoms with Crippen LogP contribution in [0.15, 0.2) is 15.9 Å². The number of rotatable bonds is 4. The van der Waals surface area contributed by atoms with Crippen molar-refractivity contribution in [2.75, 3.05) is 13.1 Å². The Hall–Kier alpha value is 0.0600. The van der Waals surface area contributed by atoms with Crippen LogP contribution in [0.1, 0.15) is 50.4 Å². The fourth-order valence-corrected chi connectivity index (χ4v) is 4.78. The largest absolute Gasteiger partial charge is 0.296 e. The van der Waals surface area contributed by atoms with Crippen molar-refractivity contribution >= 4 is 27.3 Å². The van der Waals surface area contributed by atoms with Crippen LogP contribution < -0.4 is 11.3 Å². The Kier molecular flexibility index (Phi) is 5.43. The highest BCUT2D eigenvalue weighted by molar-refractivity contribution is 9.10. The summed E-state index contributed by atoms with van der Waals surface area (Å²) >= 11 is 5.40. The summed E-state index contributed by atoms with van der Waals surface area (Å²) in [6.45, 7) is 6.95. The number of halogens is 1. The molecule has 0 amide bonds. The molecule has 0 bridgehead atoms. The fraction of sp³-hybridized carbons (Fsp3) is 0.714. The quantitative estimate of drug-likeness (QED) is 0.646. The van der Waals surface area contributed by atoms with Gasteiger partial charge in [-0.1, -0.05) is 12.8 Å². The number of nitrogens with zero attached hydrogens (tertiary/aromatic N) is 1. The highest BCUT2D eigenvalue weighted by Gasteiger charge is 2.37. The summed E-state index contributed by atoms with van der Waals surface area (Å²) in [5.74, 6) is 5.87. The molecule has 1 aromatic heterocycles. The SMILES string of the molecule is CC(C)(C(NN)c1sccc1Br)N1CCCCCC1. The predicted octanol–water partition coefficient (Wildman–Crippen LogP) is 3.67. The summed E-state index contributed by atoms with van der Waals surface area (Å²) in [5, 5.41) is 2.11. The average Bonchev–Trinajstić information content (AvgIpc) is 2.66. The van der Waals surface area contributed by atoms with Gasteiger partial charge in [0.1, 0.15) is 0 Å². The van der Waals surface area contributed by atoms with E-state index in [-0.39, 0.29) is 11.6 Å². The zero-order valence-corrected chi connectivity index (χ0v) is 14.2. The van der Waals surface area contributed by atoms with Crippen LogP contribution in [0.25, 0.3) is 0 Å². The minimum atomic E-state index is 0.0203. The molecule has 1 fully saturated rings. The maximum atomic E-state index is 5.87. The Morgan fingerprint density at radius 3 is 2.42 bits per heavy atom. The van der Waals surface area contributed by atoms with Crippen molar-refractivity contribution in [2.24, 2.45) is 5.84 Å². The molecule has 1 aliphatic rings. The first-order valence-corrected chi connectivity index (χ1v) is 8.68. The Balaban J connectivity index is 2.22. The topological polar surface area (TPSA) is 41.3 Å². The van der Waals surface area contributed by atoms with Gasteiger partial charge in [0.25, 0.3) is 0 Å². The molecule has 0 spiro atoms. The number of likely N-dealkylation sites (tertiary alicyclic amines) is 1. The lowest BCUT2D eigenvalue weighted by atomic mass is 9.91. The van der Waals surface area contributed by atoms with Crippen molar-refractivity contribution in [2.45, 2.75) is 51.1 Å². The Bertz CT molecular complexity index is 397. The molecule has 3 nitrogen and oxygen atoms in total. The van der Waals surface area contributed by atoms with Gasteiger partial charge in [-0.15, -0.1) is 11.3 Å². The molecule has 3 N–H and O–H groups in total. The van der Waals surface area contributed by atoms with Crippen LogP contribution >= 0.6 is 27.3 Å². The smallest absolute Gasteiger partial charge is 0.0742 e. The third kappa shape index (κ3) is 3.39. The number of hydrazine groups is 1. The monoisotopic (exact) mass is 345 g/mol. The lowest BCUT2D eigenvalue weighted by Crippen LogP contribution is -2.54. The van der Waals surface area contributed by atoms with Gasteiger partial charge in [-0.3, -0.25) is 16.2 Å². The molecule has 1 saturated heterocycles. The van der Waals surface area contributed by atoms with E-state index in [2.05, 4.69) is 51.5 Å². The van der Waals surface area contributed by atoms with Gasteiger partial charge < -0.3 is 0 Å². The lowest BCUT2D eigenvalue weighted by molar-refractivity contribution is 0.0845. The van der Waals surface area contributed by atoms with Gasteiger partial charge in [0.05, 0.1) is 6.04 Å². The first-order chi connectivity index (χ1) is 9.07. The summed E-state index contributed by atoms with van der Waals surface area (Å²) in [7, 11) is 0. The molecule has 2 rings (SSSR count). The van der Waals surface area contributed by atoms with E-state index in [0.717, 1.165) is 4.47 Å². The number of nitrogens with one attached hydrogen (secondary N) is 1. The third-order valence-electron chi connectivity index (χ3n) is 4.20. The van der Waals surface area contributed by atoms with E-state index in [0.29, 0.717) is 0 Å². The molecule has 2 heterocycles. The standard InChI is InChI=1S/C14H24BrN3S/c1-14(2,18-8-5-3-4-6-9-18)13(17-16)12-11(15)7-10-19-12/h7,10,13,17H,3-6,8-9,16H2,1-2H3. The number of thiophene rings is 1. The highest BCUT2D eigenvalue weighted by Crippen LogP contribution is 2.38. The molecular weight excluding hydrogens is 322 g/mol. The van der Waals surface area contributed by atoms with E-state index >= 15 is 0 Å². The van der Waals surface area contributed by atoms with Gasteiger partial charge in [0, 0.05) is 14.9 Å². The van der Waals surface area contributed by atoms with Gasteiger partial charge in [0.2, 0.25) is 0 Å². The molecule has 1 aromatic rings. The van der Waals surface area contributed by atoms with Crippen LogP contribution in [-0.2, 0) is 0 Å². The van der Waals surface area contributed by atoms with Crippen molar-refractivity contribution in [3.05, 3.63) is 20.8 Å². The van der Waals surface area contributed by atoms with Gasteiger partial charge in [0.15, 0.2) is 0 Å². The van der Waals surface area contributed by atoms with Gasteiger partial charge in [-0.25, -0.2) is 0 Å². The number of hydrogen-bond donors (Lipinski definition) is 2. The summed E-state index contributed by atoms with van der Waals surface area (Å²) in [4.78, 5) is 3.88. The van der Waals surface area contributed by atoms with E-state index in [4.69, 9.17) is 5.84 Å². The molecule has 1 atom stereocenters. The summed E-state index contributed by atoms with van der Waals surface area (Å²) in [6, 6.07) is 2.25. The van der Waals surface area contributed by atoms with Gasteiger partial charge in [-0.2, -0.15) is 0 Å². The highest BCUT2D eigenvalue weighted by atomic mass is 79.9. The second-order valence-corrected chi connectivity index (χ2v) is 7.59. The van der Waals surface area contributed by atoms with Gasteiger partial charge >= 0.3 is 0 Å². The van der Waals surface area contributed by atoms with Crippen molar-refractivity contribution in [3.8, 4) is 0 Å². The maximum Gasteiger partial charge on any atom is 0.0742 e. The molecule has 108 valence electrons. The predicted molar refractivity (Wildman–Crippen MR) is 86.2 cm³/mol. The van der Waals surface area contributed by atoms with Crippen molar-refractivity contribution in [3.63, 3.8) is 0 Å². The van der Waals surface area contributed by atoms with Crippen LogP contribution in [0.3, 0.4) is 0 Å². The van der Waals surface area contributed by atoms with Crippen molar-refractivity contribution < 1.29 is 0 Å². The van der Waals surface area contributed by atoms with Crippen LogP contribution in [0.4, 0.5) is 0 Å². The summed E-state index contributed by atoms with van der Waals surface area (Å²) in [5.41, 5.74) is 3.06. The minimum Gasteiger partial charge on any atom is -0.296 e. The molecule has 1 unspecified atom stereocenters. The number of nitrogens with two attached hydrogens (primary N) is 1. The Morgan fingerprint density at radius 2 is 1.95 bits per heavy atom. The third-order valence-corrected chi connectivity index (χ3v) is 6.14. The molecule has 1 aliphatic heterocycles. The summed E-state index contributed by atoms with van der Waals surface area (Å²) in [6.07, 6.45) is 5.31. The van der Waals surface area contributed by atoms with Gasteiger partial charge in [-0.05, 0) is 67.2 Å². The molecule has 0 saturated carbocycles. The molecule has 0 aromatic carbocycles. The van der Waals surface area contributed by atoms with E-state index in [1.165, 1.54) is 43.6 Å². The normalized spacial score (nSPS) is 20.2. The van der Waals surface area contributed by atoms with E-state index in [1.54, 1.807) is 11.3 Å². The van der Waals surface area contributed by atoms with Crippen LogP contribution in [0.5, 0.6) is 0 Å². The molecule has 0 aliphatic carbocycles. The van der Waals surface area contributed by atoms with E-state index < -0.39 is 0 Å². The first-order valence-electron chi connectivity index (χ1n) is 7.01. The first kappa shape index (κ1) is 15.4. The lowest BCUT2D eigenvalue weighted by Gasteiger charge is -2.43. The minimum absolute atomic E-state index is 0.0203. The maximum absolute atomic E-state index is 5.87. The average molecular weight is 346 g/mol. The second kappa shape index (κ2) is 6.68. The van der Waals surface area contributed by atoms with Crippen molar-refractivity contribution in [1.29, 1.82) is 0 Å². The molecular formula is C14H24BrN3S. The van der Waals surface area contributed by atoms with Crippen LogP contribution in [0, 0.1) is 0 Å². The van der Waals surface area contributed by atoms with Crippen LogP contribution in [0.2, 0.25) is 0 Å². The molecule has 0 radical (unpaired) electrons.